The Kier molecular flexibility index (Phi) is 17.0. The van der Waals surface area contributed by atoms with E-state index in [1.54, 1.807) is 6.08 Å². The van der Waals surface area contributed by atoms with Gasteiger partial charge >= 0.3 is 0 Å². The van der Waals surface area contributed by atoms with E-state index in [1.165, 1.54) is 19.3 Å². The third-order valence-electron chi connectivity index (χ3n) is 3.64. The first-order valence-electron chi connectivity index (χ1n) is 9.00. The normalized spacial score (nSPS) is 12.3. The first-order chi connectivity index (χ1) is 11.1. The fourth-order valence-corrected chi connectivity index (χ4v) is 2.13. The van der Waals surface area contributed by atoms with Crippen LogP contribution in [0.3, 0.4) is 0 Å². The minimum atomic E-state index is 0.147. The molecule has 0 spiro atoms. The molecule has 0 aliphatic rings. The lowest BCUT2D eigenvalue weighted by Crippen LogP contribution is -2.28. The fourth-order valence-electron chi connectivity index (χ4n) is 2.13. The molecule has 0 aliphatic carbocycles. The zero-order valence-electron chi connectivity index (χ0n) is 16.0. The number of hydrogen-bond donors (Lipinski definition) is 0. The van der Waals surface area contributed by atoms with E-state index in [0.29, 0.717) is 11.8 Å². The molecule has 0 bridgehead atoms. The third kappa shape index (κ3) is 13.6. The van der Waals surface area contributed by atoms with E-state index in [4.69, 9.17) is 10.5 Å². The lowest BCUT2D eigenvalue weighted by molar-refractivity contribution is 0.268. The van der Waals surface area contributed by atoms with Crippen LogP contribution >= 0.6 is 0 Å². The van der Waals surface area contributed by atoms with E-state index in [-0.39, 0.29) is 5.57 Å². The Morgan fingerprint density at radius 2 is 1.61 bits per heavy atom. The molecule has 0 aliphatic heterocycles. The van der Waals surface area contributed by atoms with E-state index >= 15 is 0 Å². The van der Waals surface area contributed by atoms with Gasteiger partial charge in [0.1, 0.15) is 17.7 Å². The van der Waals surface area contributed by atoms with Gasteiger partial charge in [-0.2, -0.15) is 10.5 Å². The second-order valence-electron chi connectivity index (χ2n) is 5.86. The van der Waals surface area contributed by atoms with Crippen LogP contribution in [-0.2, 0) is 0 Å². The van der Waals surface area contributed by atoms with Gasteiger partial charge < -0.3 is 4.90 Å². The lowest BCUT2D eigenvalue weighted by Gasteiger charge is -2.27. The highest BCUT2D eigenvalue weighted by Gasteiger charge is 2.09. The Balaban J connectivity index is 0. The molecule has 0 aromatic carbocycles. The molecule has 0 radical (unpaired) electrons. The Hall–Kier alpha value is -1.74. The number of hydrogen-bond acceptors (Lipinski definition) is 3. The minimum Gasteiger partial charge on any atom is -0.377 e. The number of nitrogens with zero attached hydrogens (tertiary/aromatic N) is 3. The number of rotatable bonds is 10. The van der Waals surface area contributed by atoms with E-state index in [1.807, 2.05) is 38.3 Å². The van der Waals surface area contributed by atoms with E-state index in [9.17, 15) is 0 Å². The van der Waals surface area contributed by atoms with Crippen molar-refractivity contribution in [3.8, 4) is 12.1 Å². The van der Waals surface area contributed by atoms with Gasteiger partial charge in [-0.3, -0.25) is 0 Å². The monoisotopic (exact) mass is 317 g/mol. The predicted molar refractivity (Wildman–Crippen MR) is 99.5 cm³/mol. The zero-order valence-corrected chi connectivity index (χ0v) is 16.0. The van der Waals surface area contributed by atoms with Crippen LogP contribution in [0, 0.1) is 34.5 Å². The van der Waals surface area contributed by atoms with Crippen molar-refractivity contribution in [2.45, 2.75) is 67.2 Å². The van der Waals surface area contributed by atoms with Crippen molar-refractivity contribution < 1.29 is 0 Å². The van der Waals surface area contributed by atoms with Gasteiger partial charge in [0.15, 0.2) is 0 Å². The SMILES string of the molecule is CC.CCCCC(C)CN(C=CC=C(C#N)C#N)CC(C)CC. The van der Waals surface area contributed by atoms with Gasteiger partial charge in [0.25, 0.3) is 0 Å². The Bertz CT molecular complexity index is 394. The van der Waals surface area contributed by atoms with Crippen LogP contribution in [0.4, 0.5) is 0 Å². The summed E-state index contributed by atoms with van der Waals surface area (Å²) >= 11 is 0. The van der Waals surface area contributed by atoms with Crippen molar-refractivity contribution in [2.75, 3.05) is 13.1 Å². The second kappa shape index (κ2) is 16.6. The Morgan fingerprint density at radius 1 is 1.04 bits per heavy atom. The van der Waals surface area contributed by atoms with Crippen molar-refractivity contribution in [2.24, 2.45) is 11.8 Å². The van der Waals surface area contributed by atoms with Crippen LogP contribution < -0.4 is 0 Å². The van der Waals surface area contributed by atoms with Crippen LogP contribution in [0.5, 0.6) is 0 Å². The molecule has 0 fully saturated rings. The summed E-state index contributed by atoms with van der Waals surface area (Å²) in [6.45, 7) is 15.0. The number of nitriles is 2. The summed E-state index contributed by atoms with van der Waals surface area (Å²) in [6.07, 6.45) is 10.3. The Labute approximate surface area is 144 Å². The summed E-state index contributed by atoms with van der Waals surface area (Å²) in [6, 6.07) is 3.75. The smallest absolute Gasteiger partial charge is 0.129 e. The molecular weight excluding hydrogens is 282 g/mol. The van der Waals surface area contributed by atoms with E-state index in [2.05, 4.69) is 32.6 Å². The molecule has 0 aromatic heterocycles. The van der Waals surface area contributed by atoms with E-state index in [0.717, 1.165) is 19.5 Å². The maximum atomic E-state index is 8.73. The minimum absolute atomic E-state index is 0.147. The summed E-state index contributed by atoms with van der Waals surface area (Å²) in [5.41, 5.74) is 0.147. The first-order valence-corrected chi connectivity index (χ1v) is 9.00. The fraction of sp³-hybridized carbons (Fsp3) is 0.700. The van der Waals surface area contributed by atoms with Gasteiger partial charge in [-0.15, -0.1) is 0 Å². The molecule has 0 aromatic rings. The van der Waals surface area contributed by atoms with Crippen LogP contribution in [0.1, 0.15) is 67.2 Å². The van der Waals surface area contributed by atoms with Crippen LogP contribution in [-0.4, -0.2) is 18.0 Å². The van der Waals surface area contributed by atoms with Gasteiger partial charge in [-0.1, -0.05) is 60.8 Å². The maximum absolute atomic E-state index is 8.73. The molecule has 0 saturated heterocycles. The highest BCUT2D eigenvalue weighted by molar-refractivity contribution is 5.37. The molecule has 3 nitrogen and oxygen atoms in total. The molecular formula is C20H35N3. The van der Waals surface area contributed by atoms with Crippen LogP contribution in [0.2, 0.25) is 0 Å². The zero-order chi connectivity index (χ0) is 18.1. The largest absolute Gasteiger partial charge is 0.377 e. The molecule has 0 heterocycles. The van der Waals surface area contributed by atoms with Crippen molar-refractivity contribution in [3.05, 3.63) is 23.9 Å². The lowest BCUT2D eigenvalue weighted by atomic mass is 10.0. The van der Waals surface area contributed by atoms with Crippen molar-refractivity contribution in [1.82, 2.24) is 4.90 Å². The maximum Gasteiger partial charge on any atom is 0.129 e. The van der Waals surface area contributed by atoms with Crippen LogP contribution in [0.15, 0.2) is 23.9 Å². The summed E-state index contributed by atoms with van der Waals surface area (Å²) < 4.78 is 0. The summed E-state index contributed by atoms with van der Waals surface area (Å²) in [7, 11) is 0. The number of unbranched alkanes of at least 4 members (excludes halogenated alkanes) is 1. The highest BCUT2D eigenvalue weighted by Crippen LogP contribution is 2.13. The average Bonchev–Trinajstić information content (AvgIpc) is 2.58. The van der Waals surface area contributed by atoms with Crippen molar-refractivity contribution in [1.29, 1.82) is 10.5 Å². The van der Waals surface area contributed by atoms with Crippen LogP contribution in [0.25, 0.3) is 0 Å². The average molecular weight is 318 g/mol. The molecule has 0 saturated carbocycles. The molecule has 2 atom stereocenters. The molecule has 23 heavy (non-hydrogen) atoms. The van der Waals surface area contributed by atoms with Gasteiger partial charge in [-0.05, 0) is 36.6 Å². The van der Waals surface area contributed by atoms with Crippen molar-refractivity contribution in [3.63, 3.8) is 0 Å². The summed E-state index contributed by atoms with van der Waals surface area (Å²) in [4.78, 5) is 2.32. The topological polar surface area (TPSA) is 50.8 Å². The van der Waals surface area contributed by atoms with Gasteiger partial charge in [0.2, 0.25) is 0 Å². The Morgan fingerprint density at radius 3 is 2.09 bits per heavy atom. The third-order valence-corrected chi connectivity index (χ3v) is 3.64. The second-order valence-corrected chi connectivity index (χ2v) is 5.86. The molecule has 0 N–H and O–H groups in total. The molecule has 130 valence electrons. The predicted octanol–water partition coefficient (Wildman–Crippen LogP) is 5.67. The quantitative estimate of drug-likeness (QED) is 0.385. The van der Waals surface area contributed by atoms with Gasteiger partial charge in [0, 0.05) is 13.1 Å². The molecule has 0 rings (SSSR count). The molecule has 3 heteroatoms. The van der Waals surface area contributed by atoms with Gasteiger partial charge in [0.05, 0.1) is 0 Å². The number of allylic oxidation sites excluding steroid dienone is 3. The summed E-state index contributed by atoms with van der Waals surface area (Å²) in [5, 5.41) is 17.5. The first kappa shape index (κ1) is 23.5. The summed E-state index contributed by atoms with van der Waals surface area (Å²) in [5.74, 6) is 1.30. The molecule has 2 unspecified atom stereocenters. The molecule has 0 amide bonds. The van der Waals surface area contributed by atoms with Gasteiger partial charge in [-0.25, -0.2) is 0 Å². The highest BCUT2D eigenvalue weighted by atomic mass is 15.1. The van der Waals surface area contributed by atoms with E-state index < -0.39 is 0 Å². The van der Waals surface area contributed by atoms with Crippen molar-refractivity contribution >= 4 is 0 Å². The standard InChI is InChI=1S/C18H29N3.C2H6/c1-5-7-9-17(4)15-21(14-16(3)6-2)11-8-10-18(12-19)13-20;1-2/h8,10-11,16-17H,5-7,9,14-15H2,1-4H3;1-2H3.